The maximum atomic E-state index is 13.4. The van der Waals surface area contributed by atoms with Crippen LogP contribution in [0.1, 0.15) is 15.9 Å². The molecule has 0 aromatic heterocycles. The van der Waals surface area contributed by atoms with Gasteiger partial charge >= 0.3 is 5.97 Å². The van der Waals surface area contributed by atoms with Crippen LogP contribution in [0.25, 0.3) is 0 Å². The van der Waals surface area contributed by atoms with Gasteiger partial charge in [0.05, 0.1) is 5.69 Å². The lowest BCUT2D eigenvalue weighted by atomic mass is 10.1. The van der Waals surface area contributed by atoms with Crippen LogP contribution < -0.4 is 5.43 Å². The molecule has 1 rings (SSSR count). The summed E-state index contributed by atoms with van der Waals surface area (Å²) < 4.78 is 13.4. The van der Waals surface area contributed by atoms with Crippen molar-refractivity contribution in [2.75, 3.05) is 5.43 Å². The number of nitrogens with one attached hydrogen (secondary N) is 1. The van der Waals surface area contributed by atoms with Crippen molar-refractivity contribution in [1.29, 1.82) is 10.5 Å². The third kappa shape index (κ3) is 2.60. The number of carboxylic acid groups (broad SMARTS) is 1. The van der Waals surface area contributed by atoms with Crippen LogP contribution in [0, 0.1) is 35.4 Å². The van der Waals surface area contributed by atoms with Crippen LogP contribution in [0.4, 0.5) is 10.1 Å². The average molecular weight is 246 g/mol. The Morgan fingerprint density at radius 2 is 2.06 bits per heavy atom. The van der Waals surface area contributed by atoms with E-state index in [1.165, 1.54) is 18.2 Å². The lowest BCUT2D eigenvalue weighted by molar-refractivity contribution is 0.0693. The second-order valence-corrected chi connectivity index (χ2v) is 3.22. The number of aryl methyl sites for hydroxylation is 1. The fraction of sp³-hybridized carbons (Fsp3) is 0.0909. The van der Waals surface area contributed by atoms with E-state index in [1.807, 2.05) is 0 Å². The number of nitriles is 2. The first-order chi connectivity index (χ1) is 8.51. The Morgan fingerprint density at radius 3 is 2.56 bits per heavy atom. The molecule has 1 aromatic rings. The van der Waals surface area contributed by atoms with E-state index < -0.39 is 23.1 Å². The van der Waals surface area contributed by atoms with E-state index in [-0.39, 0.29) is 5.69 Å². The number of hydrazone groups is 1. The molecule has 0 aliphatic rings. The van der Waals surface area contributed by atoms with Crippen molar-refractivity contribution < 1.29 is 14.3 Å². The molecule has 0 aliphatic carbocycles. The van der Waals surface area contributed by atoms with Crippen molar-refractivity contribution in [3.63, 3.8) is 0 Å². The van der Waals surface area contributed by atoms with Gasteiger partial charge in [-0.3, -0.25) is 5.43 Å². The van der Waals surface area contributed by atoms with Crippen molar-refractivity contribution >= 4 is 17.4 Å². The van der Waals surface area contributed by atoms with Gasteiger partial charge < -0.3 is 5.11 Å². The largest absolute Gasteiger partial charge is 0.478 e. The number of hydrogen-bond donors (Lipinski definition) is 2. The molecule has 0 bridgehead atoms. The molecule has 1 aromatic carbocycles. The standard InChI is InChI=1S/C11H7FN4O2/c1-6-2-3-8(12)9(11(17)18)10(6)16-15-7(4-13)5-14/h2-3,16H,1H3,(H,17,18). The van der Waals surface area contributed by atoms with E-state index in [9.17, 15) is 9.18 Å². The number of rotatable bonds is 3. The number of carbonyl (C=O) groups is 1. The van der Waals surface area contributed by atoms with Crippen LogP contribution in [0.2, 0.25) is 0 Å². The molecular formula is C11H7FN4O2. The number of anilines is 1. The van der Waals surface area contributed by atoms with E-state index in [0.717, 1.165) is 6.07 Å². The Kier molecular flexibility index (Phi) is 3.95. The van der Waals surface area contributed by atoms with Crippen LogP contribution in [0.3, 0.4) is 0 Å². The molecular weight excluding hydrogens is 239 g/mol. The predicted octanol–water partition coefficient (Wildman–Crippen LogP) is 1.65. The second kappa shape index (κ2) is 5.41. The summed E-state index contributed by atoms with van der Waals surface area (Å²) in [4.78, 5) is 10.9. The monoisotopic (exact) mass is 246 g/mol. The van der Waals surface area contributed by atoms with Crippen molar-refractivity contribution in [2.45, 2.75) is 6.92 Å². The highest BCUT2D eigenvalue weighted by Crippen LogP contribution is 2.23. The van der Waals surface area contributed by atoms with Gasteiger partial charge in [0.25, 0.3) is 0 Å². The molecule has 0 atom stereocenters. The van der Waals surface area contributed by atoms with Crippen molar-refractivity contribution in [3.8, 4) is 12.1 Å². The minimum Gasteiger partial charge on any atom is -0.478 e. The van der Waals surface area contributed by atoms with Gasteiger partial charge in [-0.25, -0.2) is 9.18 Å². The van der Waals surface area contributed by atoms with E-state index in [1.54, 1.807) is 6.92 Å². The van der Waals surface area contributed by atoms with Crippen LogP contribution in [-0.2, 0) is 0 Å². The number of benzene rings is 1. The molecule has 6 nitrogen and oxygen atoms in total. The maximum Gasteiger partial charge on any atom is 0.340 e. The molecule has 2 N–H and O–H groups in total. The van der Waals surface area contributed by atoms with Crippen molar-refractivity contribution in [2.24, 2.45) is 5.10 Å². The van der Waals surface area contributed by atoms with Gasteiger partial charge in [0.1, 0.15) is 23.5 Å². The number of carboxylic acids is 1. The Hall–Kier alpha value is -2.93. The number of nitrogens with zero attached hydrogens (tertiary/aromatic N) is 3. The maximum absolute atomic E-state index is 13.4. The van der Waals surface area contributed by atoms with Crippen LogP contribution >= 0.6 is 0 Å². The summed E-state index contributed by atoms with van der Waals surface area (Å²) in [6.45, 7) is 1.54. The molecule has 7 heteroatoms. The highest BCUT2D eigenvalue weighted by molar-refractivity contribution is 6.10. The summed E-state index contributed by atoms with van der Waals surface area (Å²) >= 11 is 0. The van der Waals surface area contributed by atoms with Crippen molar-refractivity contribution in [1.82, 2.24) is 0 Å². The summed E-state index contributed by atoms with van der Waals surface area (Å²) in [5, 5.41) is 29.2. The highest BCUT2D eigenvalue weighted by atomic mass is 19.1. The van der Waals surface area contributed by atoms with Gasteiger partial charge in [0.15, 0.2) is 0 Å². The molecule has 0 fully saturated rings. The highest BCUT2D eigenvalue weighted by Gasteiger charge is 2.17. The van der Waals surface area contributed by atoms with Gasteiger partial charge in [-0.2, -0.15) is 15.6 Å². The molecule has 0 unspecified atom stereocenters. The molecule has 0 saturated carbocycles. The minimum atomic E-state index is -1.47. The zero-order chi connectivity index (χ0) is 13.7. The van der Waals surface area contributed by atoms with Crippen LogP contribution in [0.15, 0.2) is 17.2 Å². The molecule has 0 saturated heterocycles. The zero-order valence-corrected chi connectivity index (χ0v) is 9.23. The Labute approximate surface area is 102 Å². The van der Waals surface area contributed by atoms with Crippen LogP contribution in [-0.4, -0.2) is 16.8 Å². The Morgan fingerprint density at radius 1 is 1.44 bits per heavy atom. The number of halogens is 1. The molecule has 0 aliphatic heterocycles. The third-order valence-electron chi connectivity index (χ3n) is 2.07. The van der Waals surface area contributed by atoms with Gasteiger partial charge in [-0.15, -0.1) is 0 Å². The topological polar surface area (TPSA) is 109 Å². The van der Waals surface area contributed by atoms with Crippen molar-refractivity contribution in [3.05, 3.63) is 29.1 Å². The van der Waals surface area contributed by atoms with E-state index in [2.05, 4.69) is 10.5 Å². The third-order valence-corrected chi connectivity index (χ3v) is 2.07. The SMILES string of the molecule is Cc1ccc(F)c(C(=O)O)c1NN=C(C#N)C#N. The number of aromatic carboxylic acids is 1. The van der Waals surface area contributed by atoms with Gasteiger partial charge in [-0.1, -0.05) is 6.07 Å². The molecule has 0 heterocycles. The first kappa shape index (κ1) is 13.1. The number of hydrogen-bond acceptors (Lipinski definition) is 5. The predicted molar refractivity (Wildman–Crippen MR) is 60.4 cm³/mol. The smallest absolute Gasteiger partial charge is 0.340 e. The molecule has 0 radical (unpaired) electrons. The minimum absolute atomic E-state index is 0.0921. The van der Waals surface area contributed by atoms with Gasteiger partial charge in [-0.05, 0) is 18.6 Å². The lowest BCUT2D eigenvalue weighted by Gasteiger charge is -2.09. The molecule has 18 heavy (non-hydrogen) atoms. The van der Waals surface area contributed by atoms with E-state index in [0.29, 0.717) is 5.56 Å². The summed E-state index contributed by atoms with van der Waals surface area (Å²) in [5.74, 6) is -2.40. The molecule has 0 spiro atoms. The molecule has 90 valence electrons. The summed E-state index contributed by atoms with van der Waals surface area (Å²) in [5.41, 5.74) is 1.48. The quantitative estimate of drug-likeness (QED) is 0.622. The fourth-order valence-corrected chi connectivity index (χ4v) is 1.22. The fourth-order valence-electron chi connectivity index (χ4n) is 1.22. The Balaban J connectivity index is 3.30. The van der Waals surface area contributed by atoms with E-state index >= 15 is 0 Å². The summed E-state index contributed by atoms with van der Waals surface area (Å²) in [6.07, 6.45) is 0. The molecule has 0 amide bonds. The second-order valence-electron chi connectivity index (χ2n) is 3.22. The summed E-state index contributed by atoms with van der Waals surface area (Å²) in [6, 6.07) is 5.36. The zero-order valence-electron chi connectivity index (χ0n) is 9.23. The Bertz CT molecular complexity index is 595. The van der Waals surface area contributed by atoms with Gasteiger partial charge in [0.2, 0.25) is 5.71 Å². The van der Waals surface area contributed by atoms with Gasteiger partial charge in [0, 0.05) is 0 Å². The first-order valence-corrected chi connectivity index (χ1v) is 4.67. The average Bonchev–Trinajstić information content (AvgIpc) is 2.34. The lowest BCUT2D eigenvalue weighted by Crippen LogP contribution is -2.08. The first-order valence-electron chi connectivity index (χ1n) is 4.67. The van der Waals surface area contributed by atoms with E-state index in [4.69, 9.17) is 15.6 Å². The summed E-state index contributed by atoms with van der Waals surface area (Å²) in [7, 11) is 0. The normalized spacial score (nSPS) is 8.89. The van der Waals surface area contributed by atoms with Crippen LogP contribution in [0.5, 0.6) is 0 Å².